The van der Waals surface area contributed by atoms with Gasteiger partial charge in [0.15, 0.2) is 0 Å². The minimum atomic E-state index is -0.978. The summed E-state index contributed by atoms with van der Waals surface area (Å²) >= 11 is 5.98. The Hall–Kier alpha value is -4.08. The SMILES string of the molecule is Cc1ccc(Cl)cc1NC(=O)/C(C#N)=C/c1ccc(OCc2ccc(C(=O)O)cc2)cc1. The molecule has 1 amide bonds. The maximum atomic E-state index is 12.5. The molecular formula is C25H19ClN2O4. The fraction of sp³-hybridized carbons (Fsp3) is 0.0800. The number of ether oxygens (including phenoxy) is 1. The Morgan fingerprint density at radius 2 is 1.78 bits per heavy atom. The number of hydrogen-bond acceptors (Lipinski definition) is 4. The summed E-state index contributed by atoms with van der Waals surface area (Å²) in [5.41, 5.74) is 3.05. The first-order chi connectivity index (χ1) is 15.4. The molecule has 0 radical (unpaired) electrons. The normalized spacial score (nSPS) is 10.8. The van der Waals surface area contributed by atoms with Crippen LogP contribution in [-0.4, -0.2) is 17.0 Å². The molecule has 0 spiro atoms. The zero-order valence-electron chi connectivity index (χ0n) is 17.1. The van der Waals surface area contributed by atoms with E-state index in [0.717, 1.165) is 11.1 Å². The van der Waals surface area contributed by atoms with Crippen molar-refractivity contribution in [3.05, 3.63) is 99.6 Å². The fourth-order valence-electron chi connectivity index (χ4n) is 2.80. The summed E-state index contributed by atoms with van der Waals surface area (Å²) in [4.78, 5) is 23.4. The monoisotopic (exact) mass is 446 g/mol. The van der Waals surface area contributed by atoms with Crippen molar-refractivity contribution in [2.24, 2.45) is 0 Å². The summed E-state index contributed by atoms with van der Waals surface area (Å²) in [6.07, 6.45) is 1.49. The highest BCUT2D eigenvalue weighted by molar-refractivity contribution is 6.31. The molecule has 2 N–H and O–H groups in total. The summed E-state index contributed by atoms with van der Waals surface area (Å²) in [5, 5.41) is 21.5. The van der Waals surface area contributed by atoms with E-state index in [2.05, 4.69) is 5.32 Å². The lowest BCUT2D eigenvalue weighted by molar-refractivity contribution is -0.112. The number of carbonyl (C=O) groups is 2. The fourth-order valence-corrected chi connectivity index (χ4v) is 2.98. The highest BCUT2D eigenvalue weighted by Crippen LogP contribution is 2.21. The van der Waals surface area contributed by atoms with Gasteiger partial charge in [-0.15, -0.1) is 0 Å². The molecule has 0 fully saturated rings. The molecule has 0 aliphatic carbocycles. The lowest BCUT2D eigenvalue weighted by atomic mass is 10.1. The Balaban J connectivity index is 1.64. The van der Waals surface area contributed by atoms with Crippen molar-refractivity contribution in [2.75, 3.05) is 5.32 Å². The van der Waals surface area contributed by atoms with Crippen molar-refractivity contribution in [3.63, 3.8) is 0 Å². The van der Waals surface area contributed by atoms with Crippen LogP contribution in [0, 0.1) is 18.3 Å². The molecule has 3 aromatic carbocycles. The predicted molar refractivity (Wildman–Crippen MR) is 123 cm³/mol. The van der Waals surface area contributed by atoms with Gasteiger partial charge < -0.3 is 15.2 Å². The zero-order chi connectivity index (χ0) is 23.1. The lowest BCUT2D eigenvalue weighted by Gasteiger charge is -2.09. The van der Waals surface area contributed by atoms with Gasteiger partial charge >= 0.3 is 5.97 Å². The molecule has 3 rings (SSSR count). The van der Waals surface area contributed by atoms with Gasteiger partial charge in [0, 0.05) is 10.7 Å². The van der Waals surface area contributed by atoms with Gasteiger partial charge in [0.2, 0.25) is 0 Å². The Morgan fingerprint density at radius 1 is 1.09 bits per heavy atom. The van der Waals surface area contributed by atoms with Crippen LogP contribution in [0.25, 0.3) is 6.08 Å². The van der Waals surface area contributed by atoms with Gasteiger partial charge in [-0.1, -0.05) is 41.9 Å². The second-order valence-electron chi connectivity index (χ2n) is 6.94. The number of aromatic carboxylic acids is 1. The lowest BCUT2D eigenvalue weighted by Crippen LogP contribution is -2.14. The van der Waals surface area contributed by atoms with Crippen molar-refractivity contribution in [3.8, 4) is 11.8 Å². The molecular weight excluding hydrogens is 428 g/mol. The Kier molecular flexibility index (Phi) is 7.27. The molecule has 160 valence electrons. The largest absolute Gasteiger partial charge is 0.489 e. The van der Waals surface area contributed by atoms with Crippen LogP contribution in [0.1, 0.15) is 27.0 Å². The summed E-state index contributed by atoms with van der Waals surface area (Å²) in [5.74, 6) is -0.904. The van der Waals surface area contributed by atoms with E-state index in [0.29, 0.717) is 22.0 Å². The number of aryl methyl sites for hydroxylation is 1. The van der Waals surface area contributed by atoms with Gasteiger partial charge in [0.05, 0.1) is 5.56 Å². The van der Waals surface area contributed by atoms with Gasteiger partial charge in [0.1, 0.15) is 24.0 Å². The molecule has 7 heteroatoms. The van der Waals surface area contributed by atoms with Gasteiger partial charge in [-0.3, -0.25) is 4.79 Å². The van der Waals surface area contributed by atoms with Crippen molar-refractivity contribution in [1.82, 2.24) is 0 Å². The highest BCUT2D eigenvalue weighted by atomic mass is 35.5. The average molecular weight is 447 g/mol. The maximum Gasteiger partial charge on any atom is 0.335 e. The van der Waals surface area contributed by atoms with E-state index in [-0.39, 0.29) is 17.7 Å². The number of benzene rings is 3. The topological polar surface area (TPSA) is 99.4 Å². The molecule has 0 saturated carbocycles. The van der Waals surface area contributed by atoms with Gasteiger partial charge in [0.25, 0.3) is 5.91 Å². The molecule has 0 aliphatic heterocycles. The minimum absolute atomic E-state index is 0.0448. The smallest absolute Gasteiger partial charge is 0.335 e. The van der Waals surface area contributed by atoms with Crippen LogP contribution in [0.3, 0.4) is 0 Å². The number of rotatable bonds is 7. The Labute approximate surface area is 190 Å². The van der Waals surface area contributed by atoms with Crippen molar-refractivity contribution in [2.45, 2.75) is 13.5 Å². The van der Waals surface area contributed by atoms with Crippen LogP contribution in [-0.2, 0) is 11.4 Å². The van der Waals surface area contributed by atoms with Crippen molar-refractivity contribution in [1.29, 1.82) is 5.26 Å². The van der Waals surface area contributed by atoms with E-state index >= 15 is 0 Å². The molecule has 32 heavy (non-hydrogen) atoms. The number of nitrogens with zero attached hydrogens (tertiary/aromatic N) is 1. The Bertz CT molecular complexity index is 1210. The molecule has 0 atom stereocenters. The van der Waals surface area contributed by atoms with Crippen LogP contribution in [0.4, 0.5) is 5.69 Å². The van der Waals surface area contributed by atoms with E-state index < -0.39 is 11.9 Å². The number of carboxylic acids is 1. The molecule has 3 aromatic rings. The number of anilines is 1. The van der Waals surface area contributed by atoms with E-state index in [1.165, 1.54) is 18.2 Å². The first kappa shape index (κ1) is 22.6. The summed E-state index contributed by atoms with van der Waals surface area (Å²) in [7, 11) is 0. The van der Waals surface area contributed by atoms with Crippen LogP contribution in [0.5, 0.6) is 5.75 Å². The quantitative estimate of drug-likeness (QED) is 0.370. The van der Waals surface area contributed by atoms with Crippen LogP contribution in [0.15, 0.2) is 72.3 Å². The highest BCUT2D eigenvalue weighted by Gasteiger charge is 2.11. The van der Waals surface area contributed by atoms with Crippen LogP contribution in [0.2, 0.25) is 5.02 Å². The van der Waals surface area contributed by atoms with Crippen molar-refractivity contribution >= 4 is 35.2 Å². The minimum Gasteiger partial charge on any atom is -0.489 e. The third-order valence-electron chi connectivity index (χ3n) is 4.61. The molecule has 0 bridgehead atoms. The second kappa shape index (κ2) is 10.3. The van der Waals surface area contributed by atoms with E-state index in [1.54, 1.807) is 54.6 Å². The van der Waals surface area contributed by atoms with Crippen LogP contribution >= 0.6 is 11.6 Å². The van der Waals surface area contributed by atoms with Gasteiger partial charge in [-0.2, -0.15) is 5.26 Å². The number of hydrogen-bond donors (Lipinski definition) is 2. The summed E-state index contributed by atoms with van der Waals surface area (Å²) < 4.78 is 5.70. The van der Waals surface area contributed by atoms with E-state index in [4.69, 9.17) is 21.4 Å². The van der Waals surface area contributed by atoms with Crippen molar-refractivity contribution < 1.29 is 19.4 Å². The molecule has 0 aliphatic rings. The first-order valence-electron chi connectivity index (χ1n) is 9.60. The zero-order valence-corrected chi connectivity index (χ0v) is 17.9. The molecule has 6 nitrogen and oxygen atoms in total. The van der Waals surface area contributed by atoms with Gasteiger partial charge in [-0.25, -0.2) is 4.79 Å². The third kappa shape index (κ3) is 5.97. The van der Waals surface area contributed by atoms with Gasteiger partial charge in [-0.05, 0) is 66.1 Å². The van der Waals surface area contributed by atoms with Crippen LogP contribution < -0.4 is 10.1 Å². The molecule has 0 unspecified atom stereocenters. The summed E-state index contributed by atoms with van der Waals surface area (Å²) in [6.45, 7) is 2.11. The number of carboxylic acid groups (broad SMARTS) is 1. The number of carbonyl (C=O) groups excluding carboxylic acids is 1. The maximum absolute atomic E-state index is 12.5. The standard InChI is InChI=1S/C25H19ClN2O4/c1-16-2-9-21(26)13-23(16)28-24(29)20(14-27)12-17-5-10-22(11-6-17)32-15-18-3-7-19(8-4-18)25(30)31/h2-13H,15H2,1H3,(H,28,29)(H,30,31)/b20-12+. The molecule has 0 aromatic heterocycles. The molecule has 0 heterocycles. The first-order valence-corrected chi connectivity index (χ1v) is 9.98. The predicted octanol–water partition coefficient (Wildman–Crippen LogP) is 5.47. The number of halogens is 1. The Morgan fingerprint density at radius 3 is 2.41 bits per heavy atom. The average Bonchev–Trinajstić information content (AvgIpc) is 2.79. The third-order valence-corrected chi connectivity index (χ3v) is 4.85. The van der Waals surface area contributed by atoms with E-state index in [1.807, 2.05) is 13.0 Å². The second-order valence-corrected chi connectivity index (χ2v) is 7.38. The number of amides is 1. The van der Waals surface area contributed by atoms with E-state index in [9.17, 15) is 14.9 Å². The number of nitrogens with one attached hydrogen (secondary N) is 1. The summed E-state index contributed by atoms with van der Waals surface area (Å²) in [6, 6.07) is 20.4. The molecule has 0 saturated heterocycles. The number of nitriles is 1.